The predicted octanol–water partition coefficient (Wildman–Crippen LogP) is 1.84. The Morgan fingerprint density at radius 2 is 2.15 bits per heavy atom. The molecule has 0 aromatic carbocycles. The molecule has 4 nitrogen and oxygen atoms in total. The number of aromatic nitrogens is 1. The lowest BCUT2D eigenvalue weighted by Gasteiger charge is -2.34. The highest BCUT2D eigenvalue weighted by Gasteiger charge is 2.33. The van der Waals surface area contributed by atoms with Crippen LogP contribution in [0, 0.1) is 6.92 Å². The largest absolute Gasteiger partial charge is 0.433 e. The van der Waals surface area contributed by atoms with Gasteiger partial charge in [0.2, 0.25) is 0 Å². The predicted molar refractivity (Wildman–Crippen MR) is 67.3 cm³/mol. The lowest BCUT2D eigenvalue weighted by molar-refractivity contribution is -0.141. The van der Waals surface area contributed by atoms with E-state index in [9.17, 15) is 18.0 Å². The molecule has 1 N–H and O–H groups in total. The van der Waals surface area contributed by atoms with Crippen molar-refractivity contribution >= 4 is 5.91 Å². The fourth-order valence-corrected chi connectivity index (χ4v) is 2.24. The lowest BCUT2D eigenvalue weighted by Crippen LogP contribution is -2.52. The average molecular weight is 287 g/mol. The van der Waals surface area contributed by atoms with Gasteiger partial charge in [-0.3, -0.25) is 4.79 Å². The van der Waals surface area contributed by atoms with Crippen LogP contribution in [-0.2, 0) is 6.18 Å². The van der Waals surface area contributed by atoms with Gasteiger partial charge in [-0.25, -0.2) is 4.98 Å². The zero-order valence-electron chi connectivity index (χ0n) is 11.3. The number of aryl methyl sites for hydroxylation is 1. The number of rotatable bonds is 1. The van der Waals surface area contributed by atoms with E-state index in [4.69, 9.17) is 0 Å². The molecule has 1 unspecified atom stereocenters. The monoisotopic (exact) mass is 287 g/mol. The SMILES string of the molecule is Cc1nc(C(F)(F)F)ccc1C(=O)N1CCNCC1C. The average Bonchev–Trinajstić information content (AvgIpc) is 2.37. The number of nitrogens with one attached hydrogen (secondary N) is 1. The van der Waals surface area contributed by atoms with Crippen LogP contribution in [0.5, 0.6) is 0 Å². The first kappa shape index (κ1) is 14.8. The number of amides is 1. The van der Waals surface area contributed by atoms with E-state index in [0.717, 1.165) is 6.07 Å². The van der Waals surface area contributed by atoms with E-state index in [-0.39, 0.29) is 23.2 Å². The Labute approximate surface area is 115 Å². The minimum absolute atomic E-state index is 0.0120. The topological polar surface area (TPSA) is 45.2 Å². The number of piperazine rings is 1. The first-order valence-electron chi connectivity index (χ1n) is 6.37. The number of halogens is 3. The third kappa shape index (κ3) is 2.92. The summed E-state index contributed by atoms with van der Waals surface area (Å²) in [6.45, 7) is 5.23. The summed E-state index contributed by atoms with van der Waals surface area (Å²) >= 11 is 0. The number of nitrogens with zero attached hydrogens (tertiary/aromatic N) is 2. The first-order valence-corrected chi connectivity index (χ1v) is 6.37. The highest BCUT2D eigenvalue weighted by Crippen LogP contribution is 2.28. The summed E-state index contributed by atoms with van der Waals surface area (Å²) in [4.78, 5) is 17.5. The van der Waals surface area contributed by atoms with Gasteiger partial charge in [-0.1, -0.05) is 0 Å². The molecule has 1 saturated heterocycles. The van der Waals surface area contributed by atoms with Gasteiger partial charge in [-0.2, -0.15) is 13.2 Å². The highest BCUT2D eigenvalue weighted by atomic mass is 19.4. The van der Waals surface area contributed by atoms with Gasteiger partial charge < -0.3 is 10.2 Å². The molecule has 2 rings (SSSR count). The summed E-state index contributed by atoms with van der Waals surface area (Å²) in [6, 6.07) is 2.08. The Balaban J connectivity index is 2.26. The van der Waals surface area contributed by atoms with Crippen molar-refractivity contribution in [2.45, 2.75) is 26.1 Å². The van der Waals surface area contributed by atoms with Crippen LogP contribution in [0.2, 0.25) is 0 Å². The molecular weight excluding hydrogens is 271 g/mol. The maximum Gasteiger partial charge on any atom is 0.433 e. The molecule has 1 aromatic heterocycles. The van der Waals surface area contributed by atoms with Crippen LogP contribution < -0.4 is 5.32 Å². The summed E-state index contributed by atoms with van der Waals surface area (Å²) in [5.74, 6) is -0.266. The molecule has 1 aliphatic heterocycles. The van der Waals surface area contributed by atoms with Crippen LogP contribution in [0.25, 0.3) is 0 Å². The van der Waals surface area contributed by atoms with E-state index in [2.05, 4.69) is 10.3 Å². The van der Waals surface area contributed by atoms with Gasteiger partial charge >= 0.3 is 6.18 Å². The molecule has 0 aliphatic carbocycles. The van der Waals surface area contributed by atoms with Gasteiger partial charge in [0, 0.05) is 25.7 Å². The molecule has 20 heavy (non-hydrogen) atoms. The zero-order valence-corrected chi connectivity index (χ0v) is 11.3. The molecule has 0 saturated carbocycles. The van der Waals surface area contributed by atoms with Crippen molar-refractivity contribution in [2.24, 2.45) is 0 Å². The van der Waals surface area contributed by atoms with Crippen molar-refractivity contribution in [1.82, 2.24) is 15.2 Å². The maximum absolute atomic E-state index is 12.6. The number of pyridine rings is 1. The van der Waals surface area contributed by atoms with Crippen LogP contribution in [-0.4, -0.2) is 41.5 Å². The molecule has 7 heteroatoms. The van der Waals surface area contributed by atoms with Crippen molar-refractivity contribution in [2.75, 3.05) is 19.6 Å². The third-order valence-electron chi connectivity index (χ3n) is 3.37. The zero-order chi connectivity index (χ0) is 14.9. The van der Waals surface area contributed by atoms with E-state index >= 15 is 0 Å². The van der Waals surface area contributed by atoms with E-state index in [1.54, 1.807) is 4.90 Å². The molecule has 1 amide bonds. The molecule has 2 heterocycles. The Kier molecular flexibility index (Phi) is 3.99. The van der Waals surface area contributed by atoms with Crippen molar-refractivity contribution in [3.05, 3.63) is 29.1 Å². The molecule has 1 fully saturated rings. The Morgan fingerprint density at radius 1 is 1.45 bits per heavy atom. The van der Waals surface area contributed by atoms with E-state index in [0.29, 0.717) is 19.6 Å². The fourth-order valence-electron chi connectivity index (χ4n) is 2.24. The second kappa shape index (κ2) is 5.40. The van der Waals surface area contributed by atoms with Gasteiger partial charge in [0.05, 0.1) is 11.3 Å². The second-order valence-electron chi connectivity index (χ2n) is 4.88. The van der Waals surface area contributed by atoms with Gasteiger partial charge in [-0.05, 0) is 26.0 Å². The van der Waals surface area contributed by atoms with Gasteiger partial charge in [0.1, 0.15) is 5.69 Å². The van der Waals surface area contributed by atoms with Crippen LogP contribution >= 0.6 is 0 Å². The molecular formula is C13H16F3N3O. The standard InChI is InChI=1S/C13H16F3N3O/c1-8-7-17-5-6-19(8)12(20)10-3-4-11(13(14,15)16)18-9(10)2/h3-4,8,17H,5-7H2,1-2H3. The van der Waals surface area contributed by atoms with Gasteiger partial charge in [0.25, 0.3) is 5.91 Å². The molecule has 0 radical (unpaired) electrons. The number of carbonyl (C=O) groups excluding carboxylic acids is 1. The molecule has 0 spiro atoms. The molecule has 0 bridgehead atoms. The number of alkyl halides is 3. The van der Waals surface area contributed by atoms with E-state index in [1.165, 1.54) is 13.0 Å². The first-order chi connectivity index (χ1) is 9.30. The number of hydrogen-bond acceptors (Lipinski definition) is 3. The summed E-state index contributed by atoms with van der Waals surface area (Å²) in [5, 5.41) is 3.16. The Morgan fingerprint density at radius 3 is 2.70 bits per heavy atom. The van der Waals surface area contributed by atoms with Crippen LogP contribution in [0.1, 0.15) is 28.7 Å². The van der Waals surface area contributed by atoms with Crippen LogP contribution in [0.3, 0.4) is 0 Å². The normalized spacial score (nSPS) is 20.1. The van der Waals surface area contributed by atoms with Crippen LogP contribution in [0.15, 0.2) is 12.1 Å². The molecule has 110 valence electrons. The Bertz CT molecular complexity index is 516. The van der Waals surface area contributed by atoms with Gasteiger partial charge in [-0.15, -0.1) is 0 Å². The number of hydrogen-bond donors (Lipinski definition) is 1. The second-order valence-corrected chi connectivity index (χ2v) is 4.88. The van der Waals surface area contributed by atoms with Gasteiger partial charge in [0.15, 0.2) is 0 Å². The summed E-state index contributed by atoms with van der Waals surface area (Å²) in [6.07, 6.45) is -4.49. The van der Waals surface area contributed by atoms with Crippen molar-refractivity contribution in [1.29, 1.82) is 0 Å². The summed E-state index contributed by atoms with van der Waals surface area (Å²) in [5.41, 5.74) is -0.637. The number of carbonyl (C=O) groups is 1. The van der Waals surface area contributed by atoms with E-state index in [1.807, 2.05) is 6.92 Å². The smallest absolute Gasteiger partial charge is 0.333 e. The minimum atomic E-state index is -4.49. The van der Waals surface area contributed by atoms with Crippen LogP contribution in [0.4, 0.5) is 13.2 Å². The van der Waals surface area contributed by atoms with E-state index < -0.39 is 11.9 Å². The highest BCUT2D eigenvalue weighted by molar-refractivity contribution is 5.95. The van der Waals surface area contributed by atoms with Crippen molar-refractivity contribution in [3.8, 4) is 0 Å². The third-order valence-corrected chi connectivity index (χ3v) is 3.37. The molecule has 1 aromatic rings. The summed E-state index contributed by atoms with van der Waals surface area (Å²) < 4.78 is 37.7. The molecule has 1 atom stereocenters. The lowest BCUT2D eigenvalue weighted by atomic mass is 10.1. The molecule has 1 aliphatic rings. The minimum Gasteiger partial charge on any atom is -0.333 e. The quantitative estimate of drug-likeness (QED) is 0.857. The van der Waals surface area contributed by atoms with Crippen molar-refractivity contribution < 1.29 is 18.0 Å². The maximum atomic E-state index is 12.6. The van der Waals surface area contributed by atoms with Crippen molar-refractivity contribution in [3.63, 3.8) is 0 Å². The summed E-state index contributed by atoms with van der Waals surface area (Å²) in [7, 11) is 0. The Hall–Kier alpha value is -1.63. The fraction of sp³-hybridized carbons (Fsp3) is 0.538.